The van der Waals surface area contributed by atoms with Crippen LogP contribution in [0.4, 0.5) is 13.2 Å². The van der Waals surface area contributed by atoms with Gasteiger partial charge in [-0.3, -0.25) is 18.7 Å². The fraction of sp³-hybridized carbons (Fsp3) is 0.192. The van der Waals surface area contributed by atoms with Crippen molar-refractivity contribution in [3.05, 3.63) is 98.5 Å². The standard InChI is InChI=1S/C26H21F3N6O3/c1-16-23(22-10-11-32-35(22)20-8-6-18(15-30)7-9-20)24(37)33(13-12-31-17(2)36)25(38)34(16)21-5-3-4-19(14-21)26(27,28)29/h3-11,14H,12-13H2,1-2H3,(H,31,36). The van der Waals surface area contributed by atoms with E-state index in [0.29, 0.717) is 11.3 Å². The van der Waals surface area contributed by atoms with Crippen molar-refractivity contribution in [2.45, 2.75) is 26.6 Å². The summed E-state index contributed by atoms with van der Waals surface area (Å²) in [5.41, 5.74) is -1.24. The number of nitrogens with zero attached hydrogens (tertiary/aromatic N) is 5. The molecule has 194 valence electrons. The Morgan fingerprint density at radius 2 is 1.79 bits per heavy atom. The van der Waals surface area contributed by atoms with Crippen LogP contribution in [-0.4, -0.2) is 31.4 Å². The summed E-state index contributed by atoms with van der Waals surface area (Å²) in [6.45, 7) is 2.48. The van der Waals surface area contributed by atoms with Crippen LogP contribution in [0.25, 0.3) is 22.6 Å². The molecular weight excluding hydrogens is 501 g/mol. The monoisotopic (exact) mass is 522 g/mol. The molecule has 0 saturated carbocycles. The zero-order valence-electron chi connectivity index (χ0n) is 20.3. The third-order valence-corrected chi connectivity index (χ3v) is 5.86. The number of nitriles is 1. The third-order valence-electron chi connectivity index (χ3n) is 5.86. The second kappa shape index (κ2) is 10.2. The van der Waals surface area contributed by atoms with Gasteiger partial charge in [0.2, 0.25) is 5.91 Å². The molecule has 0 fully saturated rings. The minimum atomic E-state index is -4.65. The molecule has 12 heteroatoms. The first-order valence-electron chi connectivity index (χ1n) is 11.4. The van der Waals surface area contributed by atoms with Gasteiger partial charge in [0.25, 0.3) is 5.56 Å². The zero-order valence-corrected chi connectivity index (χ0v) is 20.3. The van der Waals surface area contributed by atoms with Crippen LogP contribution in [0, 0.1) is 18.3 Å². The number of carbonyl (C=O) groups excluding carboxylic acids is 1. The Balaban J connectivity index is 1.99. The van der Waals surface area contributed by atoms with E-state index in [9.17, 15) is 27.6 Å². The molecule has 9 nitrogen and oxygen atoms in total. The number of halogens is 3. The highest BCUT2D eigenvalue weighted by Crippen LogP contribution is 2.31. The lowest BCUT2D eigenvalue weighted by atomic mass is 10.1. The quantitative estimate of drug-likeness (QED) is 0.418. The summed E-state index contributed by atoms with van der Waals surface area (Å²) < 4.78 is 43.7. The van der Waals surface area contributed by atoms with Crippen molar-refractivity contribution in [3.63, 3.8) is 0 Å². The molecule has 0 atom stereocenters. The molecule has 0 saturated heterocycles. The SMILES string of the molecule is CC(=O)NCCn1c(=O)c(-c2ccnn2-c2ccc(C#N)cc2)c(C)n(-c2cccc(C(F)(F)F)c2)c1=O. The van der Waals surface area contributed by atoms with Gasteiger partial charge in [-0.1, -0.05) is 6.07 Å². The maximum atomic E-state index is 13.7. The largest absolute Gasteiger partial charge is 0.416 e. The molecule has 1 amide bonds. The molecule has 0 bridgehead atoms. The summed E-state index contributed by atoms with van der Waals surface area (Å²) in [7, 11) is 0. The molecule has 2 aromatic carbocycles. The number of alkyl halides is 3. The van der Waals surface area contributed by atoms with Crippen LogP contribution in [0.5, 0.6) is 0 Å². The van der Waals surface area contributed by atoms with Gasteiger partial charge in [0.1, 0.15) is 0 Å². The molecule has 0 aliphatic carbocycles. The van der Waals surface area contributed by atoms with Crippen LogP contribution in [0.2, 0.25) is 0 Å². The van der Waals surface area contributed by atoms with Crippen LogP contribution >= 0.6 is 0 Å². The predicted molar refractivity (Wildman–Crippen MR) is 132 cm³/mol. The molecule has 4 aromatic rings. The average Bonchev–Trinajstić information content (AvgIpc) is 3.35. The predicted octanol–water partition coefficient (Wildman–Crippen LogP) is 3.19. The summed E-state index contributed by atoms with van der Waals surface area (Å²) in [4.78, 5) is 38.5. The maximum Gasteiger partial charge on any atom is 0.416 e. The summed E-state index contributed by atoms with van der Waals surface area (Å²) in [5.74, 6) is -0.373. The molecule has 4 rings (SSSR count). The molecule has 2 aromatic heterocycles. The van der Waals surface area contributed by atoms with E-state index in [4.69, 9.17) is 5.26 Å². The van der Waals surface area contributed by atoms with Crippen LogP contribution in [-0.2, 0) is 17.5 Å². The first-order valence-corrected chi connectivity index (χ1v) is 11.4. The molecule has 0 radical (unpaired) electrons. The van der Waals surface area contributed by atoms with Crippen LogP contribution < -0.4 is 16.6 Å². The van der Waals surface area contributed by atoms with Gasteiger partial charge < -0.3 is 5.32 Å². The van der Waals surface area contributed by atoms with E-state index >= 15 is 0 Å². The zero-order chi connectivity index (χ0) is 27.6. The Morgan fingerprint density at radius 3 is 2.42 bits per heavy atom. The number of benzene rings is 2. The number of nitrogens with one attached hydrogen (secondary N) is 1. The second-order valence-electron chi connectivity index (χ2n) is 8.35. The number of carbonyl (C=O) groups is 1. The van der Waals surface area contributed by atoms with Crippen LogP contribution in [0.1, 0.15) is 23.7 Å². The summed E-state index contributed by atoms with van der Waals surface area (Å²) in [6, 6.07) is 14.2. The van der Waals surface area contributed by atoms with Gasteiger partial charge in [-0.2, -0.15) is 23.5 Å². The van der Waals surface area contributed by atoms with Crippen molar-refractivity contribution < 1.29 is 18.0 Å². The first kappa shape index (κ1) is 26.2. The Bertz CT molecular complexity index is 1670. The second-order valence-corrected chi connectivity index (χ2v) is 8.35. The average molecular weight is 522 g/mol. The number of hydrogen-bond donors (Lipinski definition) is 1. The molecule has 0 spiro atoms. The van der Waals surface area contributed by atoms with Gasteiger partial charge in [-0.25, -0.2) is 9.48 Å². The molecular formula is C26H21F3N6O3. The molecule has 38 heavy (non-hydrogen) atoms. The smallest absolute Gasteiger partial charge is 0.355 e. The van der Waals surface area contributed by atoms with Crippen molar-refractivity contribution in [1.82, 2.24) is 24.2 Å². The minimum Gasteiger partial charge on any atom is -0.355 e. The molecule has 2 heterocycles. The van der Waals surface area contributed by atoms with Crippen LogP contribution in [0.15, 0.2) is 70.4 Å². The lowest BCUT2D eigenvalue weighted by Crippen LogP contribution is -2.43. The topological polar surface area (TPSA) is 115 Å². The minimum absolute atomic E-state index is 0.0340. The van der Waals surface area contributed by atoms with E-state index in [2.05, 4.69) is 10.4 Å². The highest BCUT2D eigenvalue weighted by molar-refractivity contribution is 5.72. The van der Waals surface area contributed by atoms with E-state index in [1.165, 1.54) is 36.9 Å². The maximum absolute atomic E-state index is 13.7. The highest BCUT2D eigenvalue weighted by atomic mass is 19.4. The molecule has 0 unspecified atom stereocenters. The summed E-state index contributed by atoms with van der Waals surface area (Å²) in [6.07, 6.45) is -3.21. The summed E-state index contributed by atoms with van der Waals surface area (Å²) >= 11 is 0. The number of rotatable bonds is 6. The van der Waals surface area contributed by atoms with E-state index in [1.54, 1.807) is 30.3 Å². The van der Waals surface area contributed by atoms with Gasteiger partial charge in [0.15, 0.2) is 0 Å². The van der Waals surface area contributed by atoms with Crippen molar-refractivity contribution in [1.29, 1.82) is 5.26 Å². The summed E-state index contributed by atoms with van der Waals surface area (Å²) in [5, 5.41) is 15.9. The van der Waals surface area contributed by atoms with E-state index in [1.807, 2.05) is 6.07 Å². The Labute approximate surface area is 214 Å². The van der Waals surface area contributed by atoms with Crippen molar-refractivity contribution in [3.8, 4) is 28.7 Å². The first-order chi connectivity index (χ1) is 18.0. The van der Waals surface area contributed by atoms with Crippen molar-refractivity contribution in [2.24, 2.45) is 0 Å². The normalized spacial score (nSPS) is 11.3. The highest BCUT2D eigenvalue weighted by Gasteiger charge is 2.31. The lowest BCUT2D eigenvalue weighted by Gasteiger charge is -2.19. The molecule has 0 aliphatic heterocycles. The van der Waals surface area contributed by atoms with E-state index in [0.717, 1.165) is 21.3 Å². The van der Waals surface area contributed by atoms with Gasteiger partial charge in [0, 0.05) is 25.7 Å². The van der Waals surface area contributed by atoms with E-state index < -0.39 is 23.0 Å². The third kappa shape index (κ3) is 4.99. The van der Waals surface area contributed by atoms with Crippen molar-refractivity contribution >= 4 is 5.91 Å². The van der Waals surface area contributed by atoms with Gasteiger partial charge in [-0.05, 0) is 55.5 Å². The molecule has 0 aliphatic rings. The number of aromatic nitrogens is 4. The van der Waals surface area contributed by atoms with Gasteiger partial charge >= 0.3 is 11.9 Å². The lowest BCUT2D eigenvalue weighted by molar-refractivity contribution is -0.137. The number of amides is 1. The van der Waals surface area contributed by atoms with E-state index in [-0.39, 0.29) is 41.6 Å². The van der Waals surface area contributed by atoms with Crippen molar-refractivity contribution in [2.75, 3.05) is 6.54 Å². The Hall–Kier alpha value is -4.92. The fourth-order valence-electron chi connectivity index (χ4n) is 4.09. The Kier molecular flexibility index (Phi) is 7.03. The Morgan fingerprint density at radius 1 is 1.08 bits per heavy atom. The van der Waals surface area contributed by atoms with Crippen LogP contribution in [0.3, 0.4) is 0 Å². The van der Waals surface area contributed by atoms with Gasteiger partial charge in [0.05, 0.1) is 46.0 Å². The molecule has 1 N–H and O–H groups in total. The van der Waals surface area contributed by atoms with Gasteiger partial charge in [-0.15, -0.1) is 0 Å². The number of hydrogen-bond acceptors (Lipinski definition) is 5. The fourth-order valence-corrected chi connectivity index (χ4v) is 4.09.